The molecule has 6 heteroatoms. The van der Waals surface area contributed by atoms with E-state index in [0.717, 1.165) is 16.6 Å². The zero-order valence-corrected chi connectivity index (χ0v) is 13.1. The summed E-state index contributed by atoms with van der Waals surface area (Å²) in [5.74, 6) is -0.153. The fraction of sp³-hybridized carbons (Fsp3) is 0.188. The molecular formula is C16H15N3O2S. The maximum Gasteiger partial charge on any atom is 0.348 e. The van der Waals surface area contributed by atoms with Gasteiger partial charge in [0.15, 0.2) is 0 Å². The van der Waals surface area contributed by atoms with Crippen molar-refractivity contribution in [3.05, 3.63) is 40.8 Å². The first-order valence-corrected chi connectivity index (χ1v) is 7.71. The molecular weight excluding hydrogens is 298 g/mol. The zero-order chi connectivity index (χ0) is 15.7. The molecule has 0 spiro atoms. The number of carbonyl (C=O) groups is 1. The monoisotopic (exact) mass is 313 g/mol. The normalized spacial score (nSPS) is 10.8. The van der Waals surface area contributed by atoms with Crippen molar-refractivity contribution in [3.8, 4) is 11.3 Å². The van der Waals surface area contributed by atoms with Crippen molar-refractivity contribution in [1.82, 2.24) is 9.97 Å². The highest BCUT2D eigenvalue weighted by Gasteiger charge is 2.16. The molecule has 0 atom stereocenters. The number of aromatic nitrogens is 2. The van der Waals surface area contributed by atoms with Crippen LogP contribution in [0, 0.1) is 6.92 Å². The number of rotatable bonds is 3. The lowest BCUT2D eigenvalue weighted by atomic mass is 10.1. The topological polar surface area (TPSA) is 78.1 Å². The summed E-state index contributed by atoms with van der Waals surface area (Å²) in [6.45, 7) is 4.14. The van der Waals surface area contributed by atoms with E-state index in [1.807, 2.05) is 31.2 Å². The van der Waals surface area contributed by atoms with E-state index in [0.29, 0.717) is 16.3 Å². The number of carbonyl (C=O) groups excluding carboxylic acids is 1. The van der Waals surface area contributed by atoms with E-state index in [1.54, 1.807) is 13.0 Å². The second-order valence-corrected chi connectivity index (χ2v) is 5.88. The maximum absolute atomic E-state index is 11.9. The maximum atomic E-state index is 11.9. The minimum atomic E-state index is -0.348. The van der Waals surface area contributed by atoms with Crippen LogP contribution in [0.4, 0.5) is 5.95 Å². The molecule has 112 valence electrons. The van der Waals surface area contributed by atoms with Crippen molar-refractivity contribution < 1.29 is 9.53 Å². The number of ether oxygens (including phenoxy) is 1. The number of fused-ring (bicyclic) bond motifs is 1. The Hall–Kier alpha value is -2.47. The van der Waals surface area contributed by atoms with E-state index >= 15 is 0 Å². The van der Waals surface area contributed by atoms with E-state index in [9.17, 15) is 4.79 Å². The van der Waals surface area contributed by atoms with Crippen molar-refractivity contribution in [2.75, 3.05) is 12.3 Å². The van der Waals surface area contributed by atoms with Crippen LogP contribution >= 0.6 is 11.3 Å². The fourth-order valence-corrected chi connectivity index (χ4v) is 3.10. The van der Waals surface area contributed by atoms with Crippen molar-refractivity contribution in [3.63, 3.8) is 0 Å². The SMILES string of the molecule is CCOC(=O)c1cc2c(-c3ccc(C)cc3)nc(N)nc2s1. The quantitative estimate of drug-likeness (QED) is 0.750. The summed E-state index contributed by atoms with van der Waals surface area (Å²) in [6, 6.07) is 9.76. The first-order valence-electron chi connectivity index (χ1n) is 6.89. The van der Waals surface area contributed by atoms with Gasteiger partial charge in [0, 0.05) is 10.9 Å². The summed E-state index contributed by atoms with van der Waals surface area (Å²) in [7, 11) is 0. The van der Waals surface area contributed by atoms with Gasteiger partial charge in [0.2, 0.25) is 5.95 Å². The van der Waals surface area contributed by atoms with Crippen molar-refractivity contribution in [1.29, 1.82) is 0 Å². The average Bonchev–Trinajstić information content (AvgIpc) is 2.91. The number of aryl methyl sites for hydroxylation is 1. The first-order chi connectivity index (χ1) is 10.6. The summed E-state index contributed by atoms with van der Waals surface area (Å²) < 4.78 is 5.04. The number of nitrogen functional groups attached to an aromatic ring is 1. The number of benzene rings is 1. The van der Waals surface area contributed by atoms with Crippen LogP contribution in [0.1, 0.15) is 22.2 Å². The summed E-state index contributed by atoms with van der Waals surface area (Å²) in [6.07, 6.45) is 0. The highest BCUT2D eigenvalue weighted by atomic mass is 32.1. The zero-order valence-electron chi connectivity index (χ0n) is 12.3. The van der Waals surface area contributed by atoms with Crippen LogP contribution in [0.5, 0.6) is 0 Å². The fourth-order valence-electron chi connectivity index (χ4n) is 2.17. The van der Waals surface area contributed by atoms with Gasteiger partial charge in [-0.05, 0) is 19.9 Å². The van der Waals surface area contributed by atoms with Crippen LogP contribution in [-0.4, -0.2) is 22.5 Å². The minimum Gasteiger partial charge on any atom is -0.462 e. The van der Waals surface area contributed by atoms with Gasteiger partial charge >= 0.3 is 5.97 Å². The van der Waals surface area contributed by atoms with Gasteiger partial charge < -0.3 is 10.5 Å². The van der Waals surface area contributed by atoms with E-state index in [4.69, 9.17) is 10.5 Å². The number of hydrogen-bond acceptors (Lipinski definition) is 6. The Balaban J connectivity index is 2.17. The van der Waals surface area contributed by atoms with Gasteiger partial charge in [-0.3, -0.25) is 0 Å². The molecule has 5 nitrogen and oxygen atoms in total. The Morgan fingerprint density at radius 1 is 1.27 bits per heavy atom. The molecule has 0 amide bonds. The lowest BCUT2D eigenvalue weighted by Crippen LogP contribution is -2.01. The average molecular weight is 313 g/mol. The molecule has 22 heavy (non-hydrogen) atoms. The largest absolute Gasteiger partial charge is 0.462 e. The van der Waals surface area contributed by atoms with Crippen molar-refractivity contribution in [2.24, 2.45) is 0 Å². The molecule has 3 aromatic rings. The van der Waals surface area contributed by atoms with E-state index in [-0.39, 0.29) is 11.9 Å². The molecule has 0 aliphatic heterocycles. The highest BCUT2D eigenvalue weighted by Crippen LogP contribution is 2.32. The molecule has 3 rings (SSSR count). The van der Waals surface area contributed by atoms with Crippen LogP contribution in [0.15, 0.2) is 30.3 Å². The molecule has 0 fully saturated rings. The number of anilines is 1. The molecule has 1 aromatic carbocycles. The van der Waals surface area contributed by atoms with Crippen LogP contribution < -0.4 is 5.73 Å². The summed E-state index contributed by atoms with van der Waals surface area (Å²) >= 11 is 1.27. The van der Waals surface area contributed by atoms with Gasteiger partial charge in [-0.25, -0.2) is 14.8 Å². The standard InChI is InChI=1S/C16H15N3O2S/c1-3-21-15(20)12-8-11-13(10-6-4-9(2)5-7-10)18-16(17)19-14(11)22-12/h4-8H,3H2,1-2H3,(H2,17,18,19). The van der Waals surface area contributed by atoms with E-state index in [1.165, 1.54) is 16.9 Å². The Labute approximate surface area is 131 Å². The molecule has 2 N–H and O–H groups in total. The van der Waals surface area contributed by atoms with E-state index < -0.39 is 0 Å². The second-order valence-electron chi connectivity index (χ2n) is 4.85. The molecule has 0 saturated carbocycles. The van der Waals surface area contributed by atoms with Crippen LogP contribution in [-0.2, 0) is 4.74 Å². The van der Waals surface area contributed by atoms with Gasteiger partial charge in [0.25, 0.3) is 0 Å². The molecule has 0 radical (unpaired) electrons. The third-order valence-corrected chi connectivity index (χ3v) is 4.22. The van der Waals surface area contributed by atoms with Gasteiger partial charge in [-0.1, -0.05) is 29.8 Å². The molecule has 0 bridgehead atoms. The van der Waals surface area contributed by atoms with Crippen LogP contribution in [0.25, 0.3) is 21.5 Å². The summed E-state index contributed by atoms with van der Waals surface area (Å²) in [5.41, 5.74) is 8.64. The Morgan fingerprint density at radius 3 is 2.68 bits per heavy atom. The molecule has 0 unspecified atom stereocenters. The van der Waals surface area contributed by atoms with Crippen molar-refractivity contribution in [2.45, 2.75) is 13.8 Å². The molecule has 0 aliphatic carbocycles. The molecule has 0 aliphatic rings. The third kappa shape index (κ3) is 2.65. The predicted octanol–water partition coefficient (Wildman–Crippen LogP) is 3.43. The summed E-state index contributed by atoms with van der Waals surface area (Å²) in [5, 5.41) is 0.811. The van der Waals surface area contributed by atoms with Gasteiger partial charge in [0.1, 0.15) is 9.71 Å². The predicted molar refractivity (Wildman–Crippen MR) is 88.0 cm³/mol. The molecule has 0 saturated heterocycles. The number of thiophene rings is 1. The first kappa shape index (κ1) is 14.5. The lowest BCUT2D eigenvalue weighted by Gasteiger charge is -2.04. The van der Waals surface area contributed by atoms with Crippen LogP contribution in [0.2, 0.25) is 0 Å². The molecule has 2 heterocycles. The smallest absolute Gasteiger partial charge is 0.348 e. The van der Waals surface area contributed by atoms with Crippen molar-refractivity contribution >= 4 is 33.5 Å². The van der Waals surface area contributed by atoms with Gasteiger partial charge in [-0.2, -0.15) is 0 Å². The van der Waals surface area contributed by atoms with Gasteiger partial charge in [0.05, 0.1) is 12.3 Å². The molecule has 2 aromatic heterocycles. The number of hydrogen-bond donors (Lipinski definition) is 1. The number of nitrogens with two attached hydrogens (primary N) is 1. The Kier molecular flexibility index (Phi) is 3.77. The third-order valence-electron chi connectivity index (χ3n) is 3.21. The summed E-state index contributed by atoms with van der Waals surface area (Å²) in [4.78, 5) is 21.7. The van der Waals surface area contributed by atoms with Crippen LogP contribution in [0.3, 0.4) is 0 Å². The lowest BCUT2D eigenvalue weighted by molar-refractivity contribution is 0.0532. The Bertz CT molecular complexity index is 840. The minimum absolute atomic E-state index is 0.195. The number of nitrogens with zero attached hydrogens (tertiary/aromatic N) is 2. The second kappa shape index (κ2) is 5.73. The van der Waals surface area contributed by atoms with E-state index in [2.05, 4.69) is 9.97 Å². The van der Waals surface area contributed by atoms with Gasteiger partial charge in [-0.15, -0.1) is 11.3 Å². The number of esters is 1. The highest BCUT2D eigenvalue weighted by molar-refractivity contribution is 7.20. The Morgan fingerprint density at radius 2 is 2.00 bits per heavy atom.